The lowest BCUT2D eigenvalue weighted by molar-refractivity contribution is 0.690. The third-order valence-electron chi connectivity index (χ3n) is 3.36. The zero-order chi connectivity index (χ0) is 13.2. The molecule has 1 unspecified atom stereocenters. The van der Waals surface area contributed by atoms with E-state index in [2.05, 4.69) is 59.0 Å². The molecule has 2 heterocycles. The lowest BCUT2D eigenvalue weighted by atomic mass is 9.99. The van der Waals surface area contributed by atoms with E-state index < -0.39 is 0 Å². The second-order valence-corrected chi connectivity index (χ2v) is 5.65. The van der Waals surface area contributed by atoms with E-state index in [9.17, 15) is 0 Å². The van der Waals surface area contributed by atoms with E-state index in [-0.39, 0.29) is 6.04 Å². The van der Waals surface area contributed by atoms with E-state index in [0.29, 0.717) is 0 Å². The summed E-state index contributed by atoms with van der Waals surface area (Å²) < 4.78 is 1.24. The maximum absolute atomic E-state index is 4.52. The average Bonchev–Trinajstić information content (AvgIpc) is 2.89. The molecule has 0 aliphatic heterocycles. The van der Waals surface area contributed by atoms with Gasteiger partial charge in [-0.1, -0.05) is 29.8 Å². The summed E-state index contributed by atoms with van der Waals surface area (Å²) in [5.41, 5.74) is 4.84. The molecule has 0 aliphatic rings. The molecule has 0 bridgehead atoms. The van der Waals surface area contributed by atoms with Gasteiger partial charge in [-0.3, -0.25) is 4.98 Å². The largest absolute Gasteiger partial charge is 0.309 e. The number of nitrogens with zero attached hydrogens (tertiary/aromatic N) is 1. The van der Waals surface area contributed by atoms with Crippen molar-refractivity contribution in [3.05, 3.63) is 64.7 Å². The van der Waals surface area contributed by atoms with Crippen molar-refractivity contribution in [3.8, 4) is 0 Å². The first-order chi connectivity index (χ1) is 9.28. The Hall–Kier alpha value is -1.71. The monoisotopic (exact) mass is 268 g/mol. The van der Waals surface area contributed by atoms with Crippen molar-refractivity contribution < 1.29 is 0 Å². The van der Waals surface area contributed by atoms with Crippen LogP contribution in [0.4, 0.5) is 0 Å². The van der Waals surface area contributed by atoms with Gasteiger partial charge in [0, 0.05) is 6.20 Å². The molecule has 2 aromatic heterocycles. The second kappa shape index (κ2) is 5.11. The van der Waals surface area contributed by atoms with E-state index >= 15 is 0 Å². The topological polar surface area (TPSA) is 24.9 Å². The van der Waals surface area contributed by atoms with Crippen LogP contribution in [0, 0.1) is 6.92 Å². The van der Waals surface area contributed by atoms with Crippen LogP contribution in [0.5, 0.6) is 0 Å². The van der Waals surface area contributed by atoms with Gasteiger partial charge in [-0.25, -0.2) is 0 Å². The second-order valence-electron chi connectivity index (χ2n) is 4.70. The van der Waals surface area contributed by atoms with Crippen molar-refractivity contribution in [2.75, 3.05) is 7.05 Å². The van der Waals surface area contributed by atoms with Crippen molar-refractivity contribution in [3.63, 3.8) is 0 Å². The number of pyridine rings is 1. The van der Waals surface area contributed by atoms with Crippen LogP contribution >= 0.6 is 11.3 Å². The summed E-state index contributed by atoms with van der Waals surface area (Å²) in [6, 6.07) is 13.1. The van der Waals surface area contributed by atoms with E-state index in [1.54, 1.807) is 11.3 Å². The molecule has 3 aromatic rings. The molecule has 0 aliphatic carbocycles. The minimum atomic E-state index is 0.194. The number of hydrogen-bond donors (Lipinski definition) is 1. The van der Waals surface area contributed by atoms with Gasteiger partial charge >= 0.3 is 0 Å². The third-order valence-corrected chi connectivity index (χ3v) is 4.21. The number of rotatable bonds is 3. The van der Waals surface area contributed by atoms with Crippen molar-refractivity contribution in [1.82, 2.24) is 10.3 Å². The standard InChI is InChI=1S/C16H16N2S/c1-11-3-5-12(6-4-11)16(17-2)13-9-15-14(18-10-13)7-8-19-15/h3-10,16-17H,1-2H3. The summed E-state index contributed by atoms with van der Waals surface area (Å²) in [6.07, 6.45) is 1.97. The summed E-state index contributed by atoms with van der Waals surface area (Å²) in [7, 11) is 1.99. The third kappa shape index (κ3) is 2.39. The Bertz CT molecular complexity index is 685. The van der Waals surface area contributed by atoms with Gasteiger partial charge in [-0.15, -0.1) is 11.3 Å². The molecule has 1 aromatic carbocycles. The van der Waals surface area contributed by atoms with E-state index in [4.69, 9.17) is 0 Å². The molecule has 0 saturated heterocycles. The first-order valence-electron chi connectivity index (χ1n) is 6.35. The van der Waals surface area contributed by atoms with Crippen LogP contribution in [0.3, 0.4) is 0 Å². The van der Waals surface area contributed by atoms with Gasteiger partial charge in [0.25, 0.3) is 0 Å². The Morgan fingerprint density at radius 1 is 1.11 bits per heavy atom. The predicted molar refractivity (Wildman–Crippen MR) is 81.7 cm³/mol. The van der Waals surface area contributed by atoms with Gasteiger partial charge in [-0.2, -0.15) is 0 Å². The van der Waals surface area contributed by atoms with E-state index in [1.807, 2.05) is 13.2 Å². The summed E-state index contributed by atoms with van der Waals surface area (Å²) >= 11 is 1.74. The molecule has 19 heavy (non-hydrogen) atoms. The molecular weight excluding hydrogens is 252 g/mol. The normalized spacial score (nSPS) is 12.7. The summed E-state index contributed by atoms with van der Waals surface area (Å²) in [4.78, 5) is 4.52. The van der Waals surface area contributed by atoms with Crippen LogP contribution in [0.15, 0.2) is 48.0 Å². The van der Waals surface area contributed by atoms with Gasteiger partial charge in [0.15, 0.2) is 0 Å². The first kappa shape index (κ1) is 12.3. The fourth-order valence-electron chi connectivity index (χ4n) is 2.30. The first-order valence-corrected chi connectivity index (χ1v) is 7.23. The Kier molecular flexibility index (Phi) is 3.32. The van der Waals surface area contributed by atoms with Crippen molar-refractivity contribution >= 4 is 21.6 Å². The highest BCUT2D eigenvalue weighted by Gasteiger charge is 2.13. The van der Waals surface area contributed by atoms with Crippen LogP contribution in [0.25, 0.3) is 10.2 Å². The fraction of sp³-hybridized carbons (Fsp3) is 0.188. The summed E-state index contributed by atoms with van der Waals surface area (Å²) in [5.74, 6) is 0. The highest BCUT2D eigenvalue weighted by Crippen LogP contribution is 2.26. The fourth-order valence-corrected chi connectivity index (χ4v) is 3.09. The molecule has 3 rings (SSSR count). The molecule has 1 N–H and O–H groups in total. The molecule has 2 nitrogen and oxygen atoms in total. The zero-order valence-corrected chi connectivity index (χ0v) is 11.9. The minimum absolute atomic E-state index is 0.194. The average molecular weight is 268 g/mol. The van der Waals surface area contributed by atoms with Gasteiger partial charge in [0.05, 0.1) is 16.3 Å². The molecule has 0 spiro atoms. The van der Waals surface area contributed by atoms with Crippen molar-refractivity contribution in [2.45, 2.75) is 13.0 Å². The molecule has 0 fully saturated rings. The zero-order valence-electron chi connectivity index (χ0n) is 11.1. The van der Waals surface area contributed by atoms with E-state index in [1.165, 1.54) is 21.4 Å². The SMILES string of the molecule is CNC(c1ccc(C)cc1)c1cnc2ccsc2c1. The lowest BCUT2D eigenvalue weighted by Crippen LogP contribution is -2.17. The maximum Gasteiger partial charge on any atom is 0.0809 e. The van der Waals surface area contributed by atoms with E-state index in [0.717, 1.165) is 5.52 Å². The van der Waals surface area contributed by atoms with Crippen molar-refractivity contribution in [2.24, 2.45) is 0 Å². The van der Waals surface area contributed by atoms with Crippen LogP contribution < -0.4 is 5.32 Å². The smallest absolute Gasteiger partial charge is 0.0809 e. The Balaban J connectivity index is 2.03. The predicted octanol–water partition coefficient (Wildman–Crippen LogP) is 3.91. The summed E-state index contributed by atoms with van der Waals surface area (Å²) in [6.45, 7) is 2.11. The highest BCUT2D eigenvalue weighted by atomic mass is 32.1. The molecule has 3 heteroatoms. The number of aromatic nitrogens is 1. The number of hydrogen-bond acceptors (Lipinski definition) is 3. The van der Waals surface area contributed by atoms with Crippen LogP contribution in [-0.2, 0) is 0 Å². The molecular formula is C16H16N2S. The van der Waals surface area contributed by atoms with Crippen LogP contribution in [0.1, 0.15) is 22.7 Å². The number of benzene rings is 1. The highest BCUT2D eigenvalue weighted by molar-refractivity contribution is 7.17. The molecule has 0 radical (unpaired) electrons. The lowest BCUT2D eigenvalue weighted by Gasteiger charge is -2.17. The summed E-state index contributed by atoms with van der Waals surface area (Å²) in [5, 5.41) is 5.46. The Morgan fingerprint density at radius 2 is 1.89 bits per heavy atom. The molecule has 96 valence electrons. The molecule has 0 saturated carbocycles. The van der Waals surface area contributed by atoms with Gasteiger partial charge < -0.3 is 5.32 Å². The Morgan fingerprint density at radius 3 is 2.63 bits per heavy atom. The minimum Gasteiger partial charge on any atom is -0.309 e. The number of aryl methyl sites for hydroxylation is 1. The number of fused-ring (bicyclic) bond motifs is 1. The van der Waals surface area contributed by atoms with Crippen LogP contribution in [0.2, 0.25) is 0 Å². The Labute approximate surface area is 117 Å². The molecule has 0 amide bonds. The van der Waals surface area contributed by atoms with Crippen molar-refractivity contribution in [1.29, 1.82) is 0 Å². The van der Waals surface area contributed by atoms with Gasteiger partial charge in [-0.05, 0) is 42.6 Å². The number of thiophene rings is 1. The van der Waals surface area contributed by atoms with Gasteiger partial charge in [0.2, 0.25) is 0 Å². The number of nitrogens with one attached hydrogen (secondary N) is 1. The molecule has 1 atom stereocenters. The quantitative estimate of drug-likeness (QED) is 0.779. The maximum atomic E-state index is 4.52. The van der Waals surface area contributed by atoms with Crippen LogP contribution in [-0.4, -0.2) is 12.0 Å². The van der Waals surface area contributed by atoms with Gasteiger partial charge in [0.1, 0.15) is 0 Å².